The van der Waals surface area contributed by atoms with Crippen molar-refractivity contribution in [1.82, 2.24) is 4.90 Å². The number of nitrogens with two attached hydrogens (primary N) is 1. The number of rotatable bonds is 5. The quantitative estimate of drug-likeness (QED) is 0.322. The Labute approximate surface area is 160 Å². The van der Waals surface area contributed by atoms with Crippen molar-refractivity contribution in [2.45, 2.75) is 26.4 Å². The number of nitriles is 1. The summed E-state index contributed by atoms with van der Waals surface area (Å²) >= 11 is 0. The summed E-state index contributed by atoms with van der Waals surface area (Å²) in [5.74, 6) is -0.921. The molecule has 0 fully saturated rings. The van der Waals surface area contributed by atoms with Crippen molar-refractivity contribution in [2.24, 2.45) is 5.73 Å². The van der Waals surface area contributed by atoms with Crippen LogP contribution in [-0.2, 0) is 23.8 Å². The van der Waals surface area contributed by atoms with Crippen LogP contribution in [0.5, 0.6) is 0 Å². The van der Waals surface area contributed by atoms with E-state index in [2.05, 4.69) is 20.9 Å². The van der Waals surface area contributed by atoms with Crippen LogP contribution in [0.2, 0.25) is 0 Å². The van der Waals surface area contributed by atoms with Gasteiger partial charge >= 0.3 is 18.0 Å². The Kier molecular flexibility index (Phi) is 18.8. The number of methoxy groups -OCH3 is 2. The first-order chi connectivity index (χ1) is 12.5. The highest BCUT2D eigenvalue weighted by Crippen LogP contribution is 2.09. The maximum Gasteiger partial charge on any atom is 0.411 e. The first-order valence-electron chi connectivity index (χ1n) is 7.68. The Morgan fingerprint density at radius 3 is 2.00 bits per heavy atom. The fraction of sp³-hybridized carbons (Fsp3) is 0.588. The van der Waals surface area contributed by atoms with Crippen molar-refractivity contribution < 1.29 is 28.6 Å². The molecule has 0 saturated carbocycles. The van der Waals surface area contributed by atoms with Crippen LogP contribution < -0.4 is 5.73 Å². The zero-order valence-corrected chi connectivity index (χ0v) is 16.5. The lowest BCUT2D eigenvalue weighted by molar-refractivity contribution is -0.142. The highest BCUT2D eigenvalue weighted by Gasteiger charge is 2.24. The van der Waals surface area contributed by atoms with Crippen molar-refractivity contribution in [3.63, 3.8) is 0 Å². The monoisotopic (exact) mass is 384 g/mol. The maximum absolute atomic E-state index is 11.7. The Balaban J connectivity index is -0.000000472. The molecule has 0 unspecified atom stereocenters. The maximum atomic E-state index is 11.7. The van der Waals surface area contributed by atoms with Crippen molar-refractivity contribution in [3.8, 4) is 6.07 Å². The summed E-state index contributed by atoms with van der Waals surface area (Å²) in [5.41, 5.74) is 4.17. The van der Waals surface area contributed by atoms with Gasteiger partial charge in [-0.25, -0.2) is 11.4 Å². The molecule has 0 bridgehead atoms. The average Bonchev–Trinajstić information content (AvgIpc) is 2.63. The molecule has 0 aromatic rings. The predicted molar refractivity (Wildman–Crippen MR) is 98.2 cm³/mol. The van der Waals surface area contributed by atoms with Crippen molar-refractivity contribution in [3.05, 3.63) is 24.1 Å². The number of nitrogens with zero attached hydrogens (tertiary/aromatic N) is 3. The van der Waals surface area contributed by atoms with Gasteiger partial charge in [0.1, 0.15) is 12.1 Å². The number of carbonyl (C=O) groups is 3. The molecule has 0 radical (unpaired) electrons. The van der Waals surface area contributed by atoms with E-state index in [-0.39, 0.29) is 32.1 Å². The standard InChI is InChI=1S/C11H18N2O4.C3H7NO2.C3H3N/c1-11(2,3)17-10(15)13(7-6-12-4)8-9(14)16-5;1-6-3(5)2-4;1-2-3-4/h6-8H2,1-3,5H3;2,4H2,1H3;2H,1H2. The molecular weight excluding hydrogens is 356 g/mol. The summed E-state index contributed by atoms with van der Waals surface area (Å²) in [7, 11) is 2.54. The smallest absolute Gasteiger partial charge is 0.411 e. The lowest BCUT2D eigenvalue weighted by Gasteiger charge is -2.25. The second kappa shape index (κ2) is 17.7. The van der Waals surface area contributed by atoms with Gasteiger partial charge in [0, 0.05) is 6.08 Å². The van der Waals surface area contributed by atoms with E-state index in [9.17, 15) is 14.4 Å². The average molecular weight is 384 g/mol. The van der Waals surface area contributed by atoms with Crippen LogP contribution in [0.1, 0.15) is 20.8 Å². The Hall–Kier alpha value is -3.11. The normalized spacial score (nSPS) is 8.74. The van der Waals surface area contributed by atoms with Crippen LogP contribution in [-0.4, -0.2) is 68.9 Å². The van der Waals surface area contributed by atoms with E-state index < -0.39 is 17.7 Å². The molecule has 0 atom stereocenters. The van der Waals surface area contributed by atoms with Crippen LogP contribution in [0.15, 0.2) is 12.7 Å². The minimum absolute atomic E-state index is 0.0312. The number of ether oxygens (including phenoxy) is 3. The van der Waals surface area contributed by atoms with E-state index in [0.29, 0.717) is 0 Å². The molecule has 0 spiro atoms. The minimum Gasteiger partial charge on any atom is -0.468 e. The molecule has 10 nitrogen and oxygen atoms in total. The molecule has 0 rings (SSSR count). The number of carbonyl (C=O) groups excluding carboxylic acids is 3. The van der Waals surface area contributed by atoms with Crippen molar-refractivity contribution >= 4 is 18.0 Å². The van der Waals surface area contributed by atoms with Gasteiger partial charge < -0.3 is 24.8 Å². The minimum atomic E-state index is -0.635. The summed E-state index contributed by atoms with van der Waals surface area (Å²) in [6.07, 6.45) is 0.562. The molecule has 0 aliphatic rings. The summed E-state index contributed by atoms with van der Waals surface area (Å²) in [4.78, 5) is 36.9. The molecule has 27 heavy (non-hydrogen) atoms. The molecular formula is C17H28N4O6. The number of esters is 2. The van der Waals surface area contributed by atoms with E-state index in [1.54, 1.807) is 26.8 Å². The number of allylic oxidation sites excluding steroid dienone is 1. The molecule has 0 heterocycles. The second-order valence-corrected chi connectivity index (χ2v) is 5.47. The number of amides is 1. The molecule has 0 aliphatic carbocycles. The number of hydrogen-bond donors (Lipinski definition) is 1. The second-order valence-electron chi connectivity index (χ2n) is 5.47. The van der Waals surface area contributed by atoms with Gasteiger partial charge in [0.25, 0.3) is 0 Å². The van der Waals surface area contributed by atoms with Gasteiger partial charge in [0.05, 0.1) is 33.4 Å². The highest BCUT2D eigenvalue weighted by molar-refractivity contribution is 5.78. The fourth-order valence-electron chi connectivity index (χ4n) is 1.04. The van der Waals surface area contributed by atoms with Crippen LogP contribution in [0.4, 0.5) is 4.79 Å². The number of hydrogen-bond acceptors (Lipinski definition) is 8. The van der Waals surface area contributed by atoms with Gasteiger partial charge in [-0.05, 0) is 20.8 Å². The molecule has 0 aromatic carbocycles. The third-order valence-corrected chi connectivity index (χ3v) is 2.17. The molecule has 0 saturated heterocycles. The van der Waals surface area contributed by atoms with Gasteiger partial charge in [0.15, 0.2) is 0 Å². The van der Waals surface area contributed by atoms with Gasteiger partial charge in [-0.1, -0.05) is 6.58 Å². The lowest BCUT2D eigenvalue weighted by atomic mass is 10.2. The van der Waals surface area contributed by atoms with E-state index in [0.717, 1.165) is 4.90 Å². The molecule has 10 heteroatoms. The third kappa shape index (κ3) is 22.9. The molecule has 152 valence electrons. The SMILES string of the molecule is C=CC#N.COC(=O)CN.[C-]#[N+]CCN(CC(=O)OC)C(=O)OC(C)(C)C. The lowest BCUT2D eigenvalue weighted by Crippen LogP contribution is -2.41. The van der Waals surface area contributed by atoms with Crippen LogP contribution >= 0.6 is 0 Å². The first kappa shape index (κ1) is 28.7. The topological polar surface area (TPSA) is 136 Å². The zero-order chi connectivity index (χ0) is 21.9. The summed E-state index contributed by atoms with van der Waals surface area (Å²) in [6, 6.07) is 1.69. The van der Waals surface area contributed by atoms with Gasteiger partial charge in [-0.2, -0.15) is 5.26 Å². The van der Waals surface area contributed by atoms with E-state index in [1.807, 2.05) is 0 Å². The van der Waals surface area contributed by atoms with Crippen molar-refractivity contribution in [2.75, 3.05) is 40.4 Å². The van der Waals surface area contributed by atoms with E-state index in [1.165, 1.54) is 20.3 Å². The summed E-state index contributed by atoms with van der Waals surface area (Å²) in [6.45, 7) is 15.0. The third-order valence-electron chi connectivity index (χ3n) is 2.17. The molecule has 0 aromatic heterocycles. The van der Waals surface area contributed by atoms with Gasteiger partial charge in [0.2, 0.25) is 6.54 Å². The van der Waals surface area contributed by atoms with Crippen LogP contribution in [0, 0.1) is 17.9 Å². The van der Waals surface area contributed by atoms with Gasteiger partial charge in [-0.3, -0.25) is 14.5 Å². The Morgan fingerprint density at radius 1 is 1.26 bits per heavy atom. The zero-order valence-electron chi connectivity index (χ0n) is 16.5. The molecule has 2 N–H and O–H groups in total. The fourth-order valence-corrected chi connectivity index (χ4v) is 1.04. The van der Waals surface area contributed by atoms with Crippen LogP contribution in [0.3, 0.4) is 0 Å². The first-order valence-corrected chi connectivity index (χ1v) is 7.68. The molecule has 0 aliphatic heterocycles. The largest absolute Gasteiger partial charge is 0.468 e. The Bertz CT molecular complexity index is 537. The summed E-state index contributed by atoms with van der Waals surface area (Å²) in [5, 5.41) is 7.51. The Morgan fingerprint density at radius 2 is 1.74 bits per heavy atom. The van der Waals surface area contributed by atoms with E-state index >= 15 is 0 Å². The van der Waals surface area contributed by atoms with Crippen LogP contribution in [0.25, 0.3) is 4.85 Å². The summed E-state index contributed by atoms with van der Waals surface area (Å²) < 4.78 is 13.7. The predicted octanol–water partition coefficient (Wildman–Crippen LogP) is 1.13. The molecule has 1 amide bonds. The van der Waals surface area contributed by atoms with Crippen molar-refractivity contribution in [1.29, 1.82) is 5.26 Å². The van der Waals surface area contributed by atoms with E-state index in [4.69, 9.17) is 22.3 Å². The highest BCUT2D eigenvalue weighted by atomic mass is 16.6. The van der Waals surface area contributed by atoms with Gasteiger partial charge in [-0.15, -0.1) is 0 Å².